The van der Waals surface area contributed by atoms with E-state index in [-0.39, 0.29) is 0 Å². The van der Waals surface area contributed by atoms with Gasteiger partial charge in [-0.2, -0.15) is 5.10 Å². The average Bonchev–Trinajstić information content (AvgIpc) is 2.92. The lowest BCUT2D eigenvalue weighted by molar-refractivity contribution is 0.375. The molecule has 0 radical (unpaired) electrons. The smallest absolute Gasteiger partial charge is 0.127 e. The van der Waals surface area contributed by atoms with Crippen LogP contribution in [-0.4, -0.2) is 16.3 Å². The number of aromatic nitrogens is 2. The lowest BCUT2D eigenvalue weighted by Gasteiger charge is -2.26. The molecule has 1 saturated carbocycles. The first-order valence-electron chi connectivity index (χ1n) is 5.14. The number of anilines is 1. The van der Waals surface area contributed by atoms with Crippen LogP contribution in [0.3, 0.4) is 0 Å². The summed E-state index contributed by atoms with van der Waals surface area (Å²) in [5.41, 5.74) is 1.28. The van der Waals surface area contributed by atoms with Crippen LogP contribution in [0.25, 0.3) is 0 Å². The molecule has 0 aromatic carbocycles. The largest absolute Gasteiger partial charge is 0.370 e. The summed E-state index contributed by atoms with van der Waals surface area (Å²) >= 11 is 0. The van der Waals surface area contributed by atoms with Gasteiger partial charge in [-0.05, 0) is 32.1 Å². The molecule has 1 fully saturated rings. The lowest BCUT2D eigenvalue weighted by Crippen LogP contribution is -2.25. The molecule has 3 rings (SSSR count). The van der Waals surface area contributed by atoms with Gasteiger partial charge in [-0.3, -0.25) is 0 Å². The van der Waals surface area contributed by atoms with Crippen molar-refractivity contribution in [3.8, 4) is 0 Å². The summed E-state index contributed by atoms with van der Waals surface area (Å²) in [5.74, 6) is 2.17. The molecule has 1 aliphatic heterocycles. The van der Waals surface area contributed by atoms with E-state index in [1.165, 1.54) is 30.6 Å². The van der Waals surface area contributed by atoms with Crippen molar-refractivity contribution >= 4 is 5.82 Å². The van der Waals surface area contributed by atoms with Crippen molar-refractivity contribution < 1.29 is 0 Å². The van der Waals surface area contributed by atoms with Crippen molar-refractivity contribution in [3.63, 3.8) is 0 Å². The van der Waals surface area contributed by atoms with E-state index in [0.717, 1.165) is 12.5 Å². The fourth-order valence-corrected chi connectivity index (χ4v) is 2.30. The van der Waals surface area contributed by atoms with Crippen molar-refractivity contribution in [2.45, 2.75) is 32.2 Å². The molecule has 2 heterocycles. The highest BCUT2D eigenvalue weighted by atomic mass is 15.4. The van der Waals surface area contributed by atoms with E-state index in [4.69, 9.17) is 0 Å². The van der Waals surface area contributed by atoms with Crippen LogP contribution in [0, 0.1) is 12.8 Å². The Balaban J connectivity index is 2.01. The maximum absolute atomic E-state index is 4.45. The first kappa shape index (κ1) is 7.42. The van der Waals surface area contributed by atoms with Crippen LogP contribution in [-0.2, 0) is 0 Å². The predicted octanol–water partition coefficient (Wildman–Crippen LogP) is 1.96. The Hall–Kier alpha value is -0.990. The fraction of sp³-hybridized carbons (Fsp3) is 0.700. The van der Waals surface area contributed by atoms with E-state index in [9.17, 15) is 0 Å². The number of hydrogen-bond acceptors (Lipinski definition) is 2. The van der Waals surface area contributed by atoms with Crippen LogP contribution >= 0.6 is 0 Å². The molecule has 2 aliphatic rings. The summed E-state index contributed by atoms with van der Waals surface area (Å²) in [6.45, 7) is 3.24. The molecule has 0 saturated heterocycles. The predicted molar refractivity (Wildman–Crippen MR) is 51.8 cm³/mol. The van der Waals surface area contributed by atoms with Gasteiger partial charge in [-0.1, -0.05) is 0 Å². The highest BCUT2D eigenvalue weighted by molar-refractivity contribution is 5.44. The Kier molecular flexibility index (Phi) is 1.43. The van der Waals surface area contributed by atoms with E-state index < -0.39 is 0 Å². The van der Waals surface area contributed by atoms with Gasteiger partial charge < -0.3 is 5.32 Å². The molecule has 1 atom stereocenters. The topological polar surface area (TPSA) is 29.9 Å². The summed E-state index contributed by atoms with van der Waals surface area (Å²) in [5, 5.41) is 7.88. The molecule has 1 aliphatic carbocycles. The van der Waals surface area contributed by atoms with Crippen molar-refractivity contribution in [2.75, 3.05) is 11.9 Å². The maximum Gasteiger partial charge on any atom is 0.127 e. The number of aryl methyl sites for hydroxylation is 1. The van der Waals surface area contributed by atoms with Gasteiger partial charge in [0.2, 0.25) is 0 Å². The van der Waals surface area contributed by atoms with Crippen LogP contribution < -0.4 is 5.32 Å². The third-order valence-corrected chi connectivity index (χ3v) is 3.19. The van der Waals surface area contributed by atoms with Crippen molar-refractivity contribution in [1.82, 2.24) is 9.78 Å². The molecular formula is C10H15N3. The van der Waals surface area contributed by atoms with E-state index in [0.29, 0.717) is 6.04 Å². The molecule has 13 heavy (non-hydrogen) atoms. The zero-order valence-corrected chi connectivity index (χ0v) is 7.95. The van der Waals surface area contributed by atoms with Crippen LogP contribution in [0.15, 0.2) is 6.20 Å². The Morgan fingerprint density at radius 1 is 1.46 bits per heavy atom. The summed E-state index contributed by atoms with van der Waals surface area (Å²) < 4.78 is 2.20. The van der Waals surface area contributed by atoms with Crippen molar-refractivity contribution in [2.24, 2.45) is 5.92 Å². The molecule has 0 bridgehead atoms. The van der Waals surface area contributed by atoms with E-state index in [1.807, 2.05) is 6.20 Å². The monoisotopic (exact) mass is 177 g/mol. The van der Waals surface area contributed by atoms with E-state index >= 15 is 0 Å². The van der Waals surface area contributed by atoms with Crippen LogP contribution in [0.1, 0.15) is 30.9 Å². The molecule has 3 heteroatoms. The van der Waals surface area contributed by atoms with Gasteiger partial charge in [0.25, 0.3) is 0 Å². The Bertz CT molecular complexity index is 325. The van der Waals surface area contributed by atoms with Crippen LogP contribution in [0.2, 0.25) is 0 Å². The zero-order chi connectivity index (χ0) is 8.84. The minimum absolute atomic E-state index is 0.685. The van der Waals surface area contributed by atoms with Gasteiger partial charge in [0.1, 0.15) is 5.82 Å². The summed E-state index contributed by atoms with van der Waals surface area (Å²) in [4.78, 5) is 0. The number of fused-ring (bicyclic) bond motifs is 1. The first-order valence-corrected chi connectivity index (χ1v) is 5.14. The molecule has 1 N–H and O–H groups in total. The molecule has 0 spiro atoms. The Labute approximate surface area is 78.1 Å². The van der Waals surface area contributed by atoms with Gasteiger partial charge in [0.05, 0.1) is 12.2 Å². The second-order valence-corrected chi connectivity index (χ2v) is 4.24. The number of rotatable bonds is 1. The summed E-state index contributed by atoms with van der Waals surface area (Å²) in [6, 6.07) is 0.685. The fourth-order valence-electron chi connectivity index (χ4n) is 2.30. The summed E-state index contributed by atoms with van der Waals surface area (Å²) in [7, 11) is 0. The normalized spacial score (nSPS) is 26.7. The Morgan fingerprint density at radius 2 is 2.31 bits per heavy atom. The van der Waals surface area contributed by atoms with Gasteiger partial charge >= 0.3 is 0 Å². The molecule has 1 unspecified atom stereocenters. The highest BCUT2D eigenvalue weighted by Gasteiger charge is 2.35. The minimum Gasteiger partial charge on any atom is -0.370 e. The Morgan fingerprint density at radius 3 is 3.08 bits per heavy atom. The lowest BCUT2D eigenvalue weighted by atomic mass is 10.1. The molecule has 1 aromatic heterocycles. The first-order chi connectivity index (χ1) is 6.36. The van der Waals surface area contributed by atoms with Gasteiger partial charge in [-0.25, -0.2) is 4.68 Å². The standard InChI is InChI=1S/C10H15N3/c1-7-6-12-13-9(8-2-3-8)4-5-11-10(7)13/h6,8-9,11H,2-5H2,1H3. The molecule has 70 valence electrons. The van der Waals surface area contributed by atoms with Gasteiger partial charge in [0, 0.05) is 12.1 Å². The molecule has 0 amide bonds. The highest BCUT2D eigenvalue weighted by Crippen LogP contribution is 2.44. The second kappa shape index (κ2) is 2.50. The summed E-state index contributed by atoms with van der Waals surface area (Å²) in [6.07, 6.45) is 6.04. The quantitative estimate of drug-likeness (QED) is 0.710. The second-order valence-electron chi connectivity index (χ2n) is 4.24. The zero-order valence-electron chi connectivity index (χ0n) is 7.95. The van der Waals surface area contributed by atoms with Crippen molar-refractivity contribution in [1.29, 1.82) is 0 Å². The number of nitrogens with zero attached hydrogens (tertiary/aromatic N) is 2. The SMILES string of the molecule is Cc1cnn2c1NCCC2C1CC1. The van der Waals surface area contributed by atoms with E-state index in [1.54, 1.807) is 0 Å². The minimum atomic E-state index is 0.685. The van der Waals surface area contributed by atoms with Gasteiger partial charge in [0.15, 0.2) is 0 Å². The van der Waals surface area contributed by atoms with E-state index in [2.05, 4.69) is 22.0 Å². The van der Waals surface area contributed by atoms with Crippen LogP contribution in [0.5, 0.6) is 0 Å². The van der Waals surface area contributed by atoms with Crippen molar-refractivity contribution in [3.05, 3.63) is 11.8 Å². The maximum atomic E-state index is 4.45. The van der Waals surface area contributed by atoms with Gasteiger partial charge in [-0.15, -0.1) is 0 Å². The molecule has 1 aromatic rings. The molecular weight excluding hydrogens is 162 g/mol. The van der Waals surface area contributed by atoms with Crippen LogP contribution in [0.4, 0.5) is 5.82 Å². The number of nitrogens with one attached hydrogen (secondary N) is 1. The third-order valence-electron chi connectivity index (χ3n) is 3.19. The number of hydrogen-bond donors (Lipinski definition) is 1. The third kappa shape index (κ3) is 1.06. The average molecular weight is 177 g/mol. The molecule has 3 nitrogen and oxygen atoms in total.